The maximum atomic E-state index is 5.49. The van der Waals surface area contributed by atoms with E-state index in [0.29, 0.717) is 5.82 Å². The Morgan fingerprint density at radius 1 is 1.00 bits per heavy atom. The molecule has 0 saturated heterocycles. The lowest BCUT2D eigenvalue weighted by Gasteiger charge is -2.02. The Morgan fingerprint density at radius 3 is 2.27 bits per heavy atom. The number of nitrogen functional groups attached to an aromatic ring is 1. The second-order valence-electron chi connectivity index (χ2n) is 3.31. The quantitative estimate of drug-likeness (QED) is 0.748. The first kappa shape index (κ1) is 9.51. The van der Waals surface area contributed by atoms with Crippen molar-refractivity contribution in [1.82, 2.24) is 19.9 Å². The standard InChI is InChI=1S/C10H11N5/c1-6-3-8(4-7(2)14-6)9-12-5-13-10(11)15-9/h3-5H,1-2H3,(H2,11,12,13,15). The molecule has 2 aromatic heterocycles. The van der Waals surface area contributed by atoms with E-state index in [4.69, 9.17) is 5.73 Å². The van der Waals surface area contributed by atoms with Gasteiger partial charge in [0.25, 0.3) is 0 Å². The van der Waals surface area contributed by atoms with Crippen LogP contribution in [-0.2, 0) is 0 Å². The highest BCUT2D eigenvalue weighted by molar-refractivity contribution is 5.56. The third-order valence-electron chi connectivity index (χ3n) is 1.93. The van der Waals surface area contributed by atoms with E-state index in [-0.39, 0.29) is 5.95 Å². The Hall–Kier alpha value is -2.04. The predicted molar refractivity (Wildman–Crippen MR) is 56.9 cm³/mol. The van der Waals surface area contributed by atoms with Crippen LogP contribution in [0.1, 0.15) is 11.4 Å². The number of pyridine rings is 1. The molecule has 0 fully saturated rings. The molecule has 2 aromatic rings. The van der Waals surface area contributed by atoms with Crippen molar-refractivity contribution in [2.24, 2.45) is 0 Å². The highest BCUT2D eigenvalue weighted by atomic mass is 15.1. The van der Waals surface area contributed by atoms with Crippen LogP contribution in [0.3, 0.4) is 0 Å². The number of rotatable bonds is 1. The zero-order valence-corrected chi connectivity index (χ0v) is 8.60. The molecule has 5 heteroatoms. The zero-order valence-electron chi connectivity index (χ0n) is 8.60. The number of hydrogen-bond donors (Lipinski definition) is 1. The average Bonchev–Trinajstić information content (AvgIpc) is 2.16. The SMILES string of the molecule is Cc1cc(-c2ncnc(N)n2)cc(C)n1. The van der Waals surface area contributed by atoms with Crippen LogP contribution in [0.15, 0.2) is 18.5 Å². The smallest absolute Gasteiger partial charge is 0.223 e. The topological polar surface area (TPSA) is 77.6 Å². The summed E-state index contributed by atoms with van der Waals surface area (Å²) < 4.78 is 0. The summed E-state index contributed by atoms with van der Waals surface area (Å²) in [6.07, 6.45) is 1.41. The third kappa shape index (κ3) is 2.07. The molecule has 0 unspecified atom stereocenters. The number of nitrogens with two attached hydrogens (primary N) is 1. The Bertz CT molecular complexity index is 475. The van der Waals surface area contributed by atoms with Crippen molar-refractivity contribution in [2.75, 3.05) is 5.73 Å². The van der Waals surface area contributed by atoms with Crippen LogP contribution in [0.25, 0.3) is 11.4 Å². The van der Waals surface area contributed by atoms with Gasteiger partial charge in [-0.2, -0.15) is 4.98 Å². The van der Waals surface area contributed by atoms with Crippen LogP contribution in [-0.4, -0.2) is 19.9 Å². The number of hydrogen-bond acceptors (Lipinski definition) is 5. The maximum absolute atomic E-state index is 5.49. The molecule has 0 aromatic carbocycles. The molecule has 2 rings (SSSR count). The fraction of sp³-hybridized carbons (Fsp3) is 0.200. The first-order valence-corrected chi connectivity index (χ1v) is 4.55. The predicted octanol–water partition coefficient (Wildman–Crippen LogP) is 1.13. The van der Waals surface area contributed by atoms with Crippen molar-refractivity contribution in [3.05, 3.63) is 29.8 Å². The summed E-state index contributed by atoms with van der Waals surface area (Å²) in [5.74, 6) is 0.809. The second-order valence-corrected chi connectivity index (χ2v) is 3.31. The van der Waals surface area contributed by atoms with E-state index in [2.05, 4.69) is 19.9 Å². The van der Waals surface area contributed by atoms with E-state index in [9.17, 15) is 0 Å². The first-order chi connectivity index (χ1) is 7.15. The van der Waals surface area contributed by atoms with Crippen molar-refractivity contribution in [3.8, 4) is 11.4 Å². The van der Waals surface area contributed by atoms with Crippen molar-refractivity contribution in [3.63, 3.8) is 0 Å². The molecule has 0 atom stereocenters. The Labute approximate surface area is 87.4 Å². The summed E-state index contributed by atoms with van der Waals surface area (Å²) in [7, 11) is 0. The van der Waals surface area contributed by atoms with Gasteiger partial charge in [-0.05, 0) is 26.0 Å². The number of nitrogens with zero attached hydrogens (tertiary/aromatic N) is 4. The van der Waals surface area contributed by atoms with E-state index < -0.39 is 0 Å². The van der Waals surface area contributed by atoms with Gasteiger partial charge in [-0.15, -0.1) is 0 Å². The zero-order chi connectivity index (χ0) is 10.8. The molecule has 76 valence electrons. The summed E-state index contributed by atoms with van der Waals surface area (Å²) in [5, 5.41) is 0. The van der Waals surface area contributed by atoms with E-state index >= 15 is 0 Å². The fourth-order valence-electron chi connectivity index (χ4n) is 1.41. The van der Waals surface area contributed by atoms with E-state index in [1.807, 2.05) is 26.0 Å². The number of anilines is 1. The Kier molecular flexibility index (Phi) is 2.29. The van der Waals surface area contributed by atoms with Crippen molar-refractivity contribution < 1.29 is 0 Å². The summed E-state index contributed by atoms with van der Waals surface area (Å²) in [4.78, 5) is 16.1. The third-order valence-corrected chi connectivity index (χ3v) is 1.93. The molecular weight excluding hydrogens is 190 g/mol. The van der Waals surface area contributed by atoms with Crippen molar-refractivity contribution in [1.29, 1.82) is 0 Å². The van der Waals surface area contributed by atoms with Gasteiger partial charge in [-0.1, -0.05) is 0 Å². The Balaban J connectivity index is 2.54. The highest BCUT2D eigenvalue weighted by Crippen LogP contribution is 2.16. The molecule has 0 aliphatic rings. The van der Waals surface area contributed by atoms with Gasteiger partial charge in [-0.25, -0.2) is 9.97 Å². The summed E-state index contributed by atoms with van der Waals surface area (Å²) >= 11 is 0. The minimum atomic E-state index is 0.229. The molecule has 0 saturated carbocycles. The van der Waals surface area contributed by atoms with Gasteiger partial charge >= 0.3 is 0 Å². The molecular formula is C10H11N5. The van der Waals surface area contributed by atoms with Crippen LogP contribution in [0.5, 0.6) is 0 Å². The molecule has 2 N–H and O–H groups in total. The Morgan fingerprint density at radius 2 is 1.67 bits per heavy atom. The summed E-state index contributed by atoms with van der Waals surface area (Å²) in [6, 6.07) is 3.84. The second kappa shape index (κ2) is 3.61. The van der Waals surface area contributed by atoms with Gasteiger partial charge in [0.05, 0.1) is 0 Å². The molecule has 0 amide bonds. The minimum Gasteiger partial charge on any atom is -0.368 e. The number of aryl methyl sites for hydroxylation is 2. The van der Waals surface area contributed by atoms with Crippen LogP contribution in [0, 0.1) is 13.8 Å². The van der Waals surface area contributed by atoms with Gasteiger partial charge in [-0.3, -0.25) is 4.98 Å². The van der Waals surface area contributed by atoms with Crippen LogP contribution in [0.4, 0.5) is 5.95 Å². The van der Waals surface area contributed by atoms with Crippen molar-refractivity contribution in [2.45, 2.75) is 13.8 Å². The fourth-order valence-corrected chi connectivity index (χ4v) is 1.41. The lowest BCUT2D eigenvalue weighted by atomic mass is 10.2. The molecule has 0 bridgehead atoms. The lowest BCUT2D eigenvalue weighted by Crippen LogP contribution is -1.99. The van der Waals surface area contributed by atoms with E-state index in [0.717, 1.165) is 17.0 Å². The largest absolute Gasteiger partial charge is 0.368 e. The normalized spacial score (nSPS) is 10.3. The average molecular weight is 201 g/mol. The summed E-state index contributed by atoms with van der Waals surface area (Å²) in [6.45, 7) is 3.86. The van der Waals surface area contributed by atoms with Crippen LogP contribution in [0.2, 0.25) is 0 Å². The van der Waals surface area contributed by atoms with Gasteiger partial charge in [0, 0.05) is 17.0 Å². The molecule has 0 aliphatic heterocycles. The van der Waals surface area contributed by atoms with E-state index in [1.54, 1.807) is 0 Å². The van der Waals surface area contributed by atoms with Crippen LogP contribution < -0.4 is 5.73 Å². The van der Waals surface area contributed by atoms with Crippen LogP contribution >= 0.6 is 0 Å². The van der Waals surface area contributed by atoms with Crippen molar-refractivity contribution >= 4 is 5.95 Å². The number of aromatic nitrogens is 4. The molecule has 0 spiro atoms. The highest BCUT2D eigenvalue weighted by Gasteiger charge is 2.03. The summed E-state index contributed by atoms with van der Waals surface area (Å²) in [5.41, 5.74) is 8.27. The molecule has 5 nitrogen and oxygen atoms in total. The molecule has 15 heavy (non-hydrogen) atoms. The van der Waals surface area contributed by atoms with Gasteiger partial charge in [0.1, 0.15) is 6.33 Å². The minimum absolute atomic E-state index is 0.229. The molecule has 0 aliphatic carbocycles. The molecule has 2 heterocycles. The molecule has 0 radical (unpaired) electrons. The monoisotopic (exact) mass is 201 g/mol. The van der Waals surface area contributed by atoms with E-state index in [1.165, 1.54) is 6.33 Å². The van der Waals surface area contributed by atoms with Gasteiger partial charge in [0.15, 0.2) is 5.82 Å². The van der Waals surface area contributed by atoms with Gasteiger partial charge in [0.2, 0.25) is 5.95 Å². The first-order valence-electron chi connectivity index (χ1n) is 4.55. The lowest BCUT2D eigenvalue weighted by molar-refractivity contribution is 1.06. The van der Waals surface area contributed by atoms with Gasteiger partial charge < -0.3 is 5.73 Å². The maximum Gasteiger partial charge on any atom is 0.223 e.